The predicted octanol–water partition coefficient (Wildman–Crippen LogP) is 4.41. The Hall–Kier alpha value is -4.00. The normalized spacial score (nSPS) is 10.4. The van der Waals surface area contributed by atoms with E-state index in [1.165, 1.54) is 6.33 Å². The molecule has 27 heavy (non-hydrogen) atoms. The van der Waals surface area contributed by atoms with Crippen molar-refractivity contribution in [3.8, 4) is 0 Å². The number of nitrogens with one attached hydrogen (secondary N) is 3. The van der Waals surface area contributed by atoms with Gasteiger partial charge in [0.05, 0.1) is 5.52 Å². The van der Waals surface area contributed by atoms with Gasteiger partial charge >= 0.3 is 6.03 Å². The highest BCUT2D eigenvalue weighted by atomic mass is 16.2. The number of hydrogen-bond acceptors (Lipinski definition) is 5. The number of carbonyl (C=O) groups is 1. The van der Waals surface area contributed by atoms with Gasteiger partial charge in [-0.1, -0.05) is 24.3 Å². The lowest BCUT2D eigenvalue weighted by atomic mass is 10.2. The van der Waals surface area contributed by atoms with Gasteiger partial charge in [0.15, 0.2) is 0 Å². The summed E-state index contributed by atoms with van der Waals surface area (Å²) in [7, 11) is 0. The number of para-hydroxylation sites is 1. The third kappa shape index (κ3) is 3.98. The number of fused-ring (bicyclic) bond motifs is 1. The number of benzene rings is 2. The Morgan fingerprint density at radius 2 is 1.63 bits per heavy atom. The van der Waals surface area contributed by atoms with E-state index >= 15 is 0 Å². The number of nitrogens with zero attached hydrogens (tertiary/aromatic N) is 3. The first kappa shape index (κ1) is 16.5. The SMILES string of the molecule is O=C(Nc1cccc(Nc2ncnc3ccccc23)c1)Nc1ccccn1. The number of aromatic nitrogens is 3. The van der Waals surface area contributed by atoms with Gasteiger partial charge < -0.3 is 10.6 Å². The molecule has 2 aromatic carbocycles. The number of anilines is 4. The molecule has 3 N–H and O–H groups in total. The molecule has 0 saturated heterocycles. The summed E-state index contributed by atoms with van der Waals surface area (Å²) >= 11 is 0. The Bertz CT molecular complexity index is 1080. The Balaban J connectivity index is 1.50. The fourth-order valence-corrected chi connectivity index (χ4v) is 2.63. The lowest BCUT2D eigenvalue weighted by Gasteiger charge is -2.11. The second-order valence-electron chi connectivity index (χ2n) is 5.74. The first-order chi connectivity index (χ1) is 13.3. The minimum Gasteiger partial charge on any atom is -0.340 e. The van der Waals surface area contributed by atoms with Crippen molar-refractivity contribution in [2.45, 2.75) is 0 Å². The van der Waals surface area contributed by atoms with Crippen molar-refractivity contribution >= 4 is 39.9 Å². The van der Waals surface area contributed by atoms with Crippen molar-refractivity contribution in [1.29, 1.82) is 0 Å². The smallest absolute Gasteiger partial charge is 0.324 e. The number of carbonyl (C=O) groups excluding carboxylic acids is 1. The van der Waals surface area contributed by atoms with Crippen LogP contribution in [0.15, 0.2) is 79.3 Å². The van der Waals surface area contributed by atoms with E-state index in [4.69, 9.17) is 0 Å². The Morgan fingerprint density at radius 3 is 2.52 bits per heavy atom. The van der Waals surface area contributed by atoms with Crippen LogP contribution in [0.5, 0.6) is 0 Å². The Kier molecular flexibility index (Phi) is 4.57. The number of hydrogen-bond donors (Lipinski definition) is 3. The molecular formula is C20H16N6O. The summed E-state index contributed by atoms with van der Waals surface area (Å²) < 4.78 is 0. The van der Waals surface area contributed by atoms with Gasteiger partial charge in [0, 0.05) is 23.0 Å². The molecule has 4 rings (SSSR count). The lowest BCUT2D eigenvalue weighted by molar-refractivity contribution is 0.262. The largest absolute Gasteiger partial charge is 0.340 e. The maximum absolute atomic E-state index is 12.1. The zero-order chi connectivity index (χ0) is 18.5. The van der Waals surface area contributed by atoms with E-state index in [1.54, 1.807) is 30.5 Å². The Labute approximate surface area is 155 Å². The molecule has 2 aromatic heterocycles. The van der Waals surface area contributed by atoms with Gasteiger partial charge in [-0.3, -0.25) is 5.32 Å². The molecular weight excluding hydrogens is 340 g/mol. The highest BCUT2D eigenvalue weighted by molar-refractivity contribution is 5.99. The van der Waals surface area contributed by atoms with E-state index in [-0.39, 0.29) is 6.03 Å². The number of pyridine rings is 1. The second-order valence-corrected chi connectivity index (χ2v) is 5.74. The van der Waals surface area contributed by atoms with Crippen molar-refractivity contribution in [2.24, 2.45) is 0 Å². The van der Waals surface area contributed by atoms with Crippen LogP contribution in [0.2, 0.25) is 0 Å². The van der Waals surface area contributed by atoms with Gasteiger partial charge in [0.25, 0.3) is 0 Å². The zero-order valence-electron chi connectivity index (χ0n) is 14.3. The van der Waals surface area contributed by atoms with Crippen LogP contribution >= 0.6 is 0 Å². The van der Waals surface area contributed by atoms with Crippen LogP contribution in [0.3, 0.4) is 0 Å². The van der Waals surface area contributed by atoms with Crippen molar-refractivity contribution in [3.63, 3.8) is 0 Å². The molecule has 0 bridgehead atoms. The number of amides is 2. The van der Waals surface area contributed by atoms with Crippen LogP contribution in [0.4, 0.5) is 27.8 Å². The van der Waals surface area contributed by atoms with E-state index < -0.39 is 0 Å². The summed E-state index contributed by atoms with van der Waals surface area (Å²) in [5.74, 6) is 1.19. The predicted molar refractivity (Wildman–Crippen MR) is 106 cm³/mol. The fraction of sp³-hybridized carbons (Fsp3) is 0. The van der Waals surface area contributed by atoms with Gasteiger partial charge in [-0.25, -0.2) is 19.7 Å². The van der Waals surface area contributed by atoms with Crippen molar-refractivity contribution in [1.82, 2.24) is 15.0 Å². The maximum atomic E-state index is 12.1. The minimum absolute atomic E-state index is 0.363. The van der Waals surface area contributed by atoms with Gasteiger partial charge in [-0.05, 0) is 42.5 Å². The molecule has 0 spiro atoms. The monoisotopic (exact) mass is 356 g/mol. The lowest BCUT2D eigenvalue weighted by Crippen LogP contribution is -2.20. The van der Waals surface area contributed by atoms with Gasteiger partial charge in [-0.2, -0.15) is 0 Å². The highest BCUT2D eigenvalue weighted by Crippen LogP contribution is 2.24. The molecule has 2 amide bonds. The molecule has 0 aliphatic carbocycles. The zero-order valence-corrected chi connectivity index (χ0v) is 14.3. The highest BCUT2D eigenvalue weighted by Gasteiger charge is 2.06. The summed E-state index contributed by atoms with van der Waals surface area (Å²) in [5.41, 5.74) is 2.31. The van der Waals surface area contributed by atoms with Crippen LogP contribution in [-0.2, 0) is 0 Å². The third-order valence-corrected chi connectivity index (χ3v) is 3.83. The van der Waals surface area contributed by atoms with E-state index in [0.717, 1.165) is 16.6 Å². The molecule has 0 fully saturated rings. The molecule has 0 radical (unpaired) electrons. The average Bonchev–Trinajstić information content (AvgIpc) is 2.69. The Morgan fingerprint density at radius 1 is 0.778 bits per heavy atom. The van der Waals surface area contributed by atoms with E-state index in [2.05, 4.69) is 30.9 Å². The van der Waals surface area contributed by atoms with E-state index in [1.807, 2.05) is 42.5 Å². The van der Waals surface area contributed by atoms with Crippen molar-refractivity contribution in [2.75, 3.05) is 16.0 Å². The van der Waals surface area contributed by atoms with Crippen LogP contribution in [0.25, 0.3) is 10.9 Å². The first-order valence-electron chi connectivity index (χ1n) is 8.34. The summed E-state index contributed by atoms with van der Waals surface area (Å²) in [4.78, 5) is 24.8. The topological polar surface area (TPSA) is 91.8 Å². The minimum atomic E-state index is -0.363. The summed E-state index contributed by atoms with van der Waals surface area (Å²) in [5, 5.41) is 9.67. The molecule has 4 aromatic rings. The maximum Gasteiger partial charge on any atom is 0.324 e. The molecule has 2 heterocycles. The van der Waals surface area contributed by atoms with E-state index in [9.17, 15) is 4.79 Å². The molecule has 7 heteroatoms. The van der Waals surface area contributed by atoms with Crippen LogP contribution in [-0.4, -0.2) is 21.0 Å². The van der Waals surface area contributed by atoms with Crippen molar-refractivity contribution in [3.05, 3.63) is 79.3 Å². The third-order valence-electron chi connectivity index (χ3n) is 3.83. The number of urea groups is 1. The van der Waals surface area contributed by atoms with Crippen LogP contribution in [0.1, 0.15) is 0 Å². The van der Waals surface area contributed by atoms with Crippen LogP contribution in [0, 0.1) is 0 Å². The molecule has 0 saturated carbocycles. The van der Waals surface area contributed by atoms with Crippen molar-refractivity contribution < 1.29 is 4.79 Å². The van der Waals surface area contributed by atoms with Gasteiger partial charge in [-0.15, -0.1) is 0 Å². The second kappa shape index (κ2) is 7.49. The standard InChI is InChI=1S/C20H16N6O/c27-20(26-18-10-3-4-11-21-18)25-15-7-5-6-14(12-15)24-19-16-8-1-2-9-17(16)22-13-23-19/h1-13H,(H,22,23,24)(H2,21,25,26,27). The fourth-order valence-electron chi connectivity index (χ4n) is 2.63. The first-order valence-corrected chi connectivity index (χ1v) is 8.34. The molecule has 7 nitrogen and oxygen atoms in total. The molecule has 0 aliphatic heterocycles. The van der Waals surface area contributed by atoms with Gasteiger partial charge in [0.2, 0.25) is 0 Å². The molecule has 0 unspecified atom stereocenters. The quantitative estimate of drug-likeness (QED) is 0.504. The molecule has 0 atom stereocenters. The molecule has 132 valence electrons. The summed E-state index contributed by atoms with van der Waals surface area (Å²) in [6.45, 7) is 0. The van der Waals surface area contributed by atoms with E-state index in [0.29, 0.717) is 17.3 Å². The summed E-state index contributed by atoms with van der Waals surface area (Å²) in [6.07, 6.45) is 3.14. The van der Waals surface area contributed by atoms with Gasteiger partial charge in [0.1, 0.15) is 18.0 Å². The molecule has 0 aliphatic rings. The number of rotatable bonds is 4. The van der Waals surface area contributed by atoms with Crippen LogP contribution < -0.4 is 16.0 Å². The average molecular weight is 356 g/mol. The summed E-state index contributed by atoms with van der Waals surface area (Å²) in [6, 6.07) is 20.1.